The molecule has 2 atom stereocenters. The molecule has 1 aromatic heterocycles. The van der Waals surface area contributed by atoms with Crippen molar-refractivity contribution >= 4 is 28.7 Å². The molecule has 2 bridgehead atoms. The molecule has 2 aromatic rings. The first-order valence-corrected chi connectivity index (χ1v) is 7.17. The Kier molecular flexibility index (Phi) is 1.98. The first-order valence-electron chi connectivity index (χ1n) is 6.12. The van der Waals surface area contributed by atoms with Crippen molar-refractivity contribution in [2.45, 2.75) is 17.7 Å². The zero-order valence-corrected chi connectivity index (χ0v) is 10.7. The van der Waals surface area contributed by atoms with Crippen molar-refractivity contribution in [2.75, 3.05) is 17.2 Å². The Morgan fingerprint density at radius 3 is 2.94 bits per heavy atom. The summed E-state index contributed by atoms with van der Waals surface area (Å²) in [6.45, 7) is 1.17. The Morgan fingerprint density at radius 2 is 2.24 bits per heavy atom. The van der Waals surface area contributed by atoms with Gasteiger partial charge in [-0.2, -0.15) is 11.8 Å². The lowest BCUT2D eigenvalue weighted by Crippen LogP contribution is -2.35. The van der Waals surface area contributed by atoms with E-state index >= 15 is 0 Å². The molecular formula is C13H15N3S. The molecule has 0 radical (unpaired) electrons. The van der Waals surface area contributed by atoms with E-state index in [1.165, 1.54) is 24.2 Å². The normalized spacial score (nSPS) is 27.2. The highest BCUT2D eigenvalue weighted by atomic mass is 32.2. The smallest absolute Gasteiger partial charge is 0.206 e. The molecule has 1 aromatic carbocycles. The van der Waals surface area contributed by atoms with Gasteiger partial charge in [-0.15, -0.1) is 0 Å². The first-order chi connectivity index (χ1) is 8.33. The van der Waals surface area contributed by atoms with Crippen LogP contribution in [0.3, 0.4) is 0 Å². The van der Waals surface area contributed by atoms with Crippen LogP contribution in [-0.2, 0) is 7.05 Å². The van der Waals surface area contributed by atoms with Crippen LogP contribution in [-0.4, -0.2) is 33.1 Å². The van der Waals surface area contributed by atoms with Gasteiger partial charge in [-0.3, -0.25) is 0 Å². The highest BCUT2D eigenvalue weighted by Crippen LogP contribution is 2.40. The van der Waals surface area contributed by atoms with Gasteiger partial charge in [0, 0.05) is 30.6 Å². The molecule has 2 aliphatic rings. The topological polar surface area (TPSA) is 21.1 Å². The number of fused-ring (bicyclic) bond motifs is 3. The molecule has 0 saturated carbocycles. The number of benzene rings is 1. The second-order valence-corrected chi connectivity index (χ2v) is 6.29. The maximum atomic E-state index is 4.79. The minimum Gasteiger partial charge on any atom is -0.337 e. The number of aryl methyl sites for hydroxylation is 1. The van der Waals surface area contributed by atoms with Crippen LogP contribution in [0.4, 0.5) is 5.95 Å². The van der Waals surface area contributed by atoms with E-state index in [1.54, 1.807) is 0 Å². The average molecular weight is 245 g/mol. The van der Waals surface area contributed by atoms with Crippen molar-refractivity contribution in [3.05, 3.63) is 24.3 Å². The van der Waals surface area contributed by atoms with Gasteiger partial charge in [0.25, 0.3) is 0 Å². The lowest BCUT2D eigenvalue weighted by Gasteiger charge is -2.27. The first kappa shape index (κ1) is 9.83. The third-order valence-electron chi connectivity index (χ3n) is 3.92. The quantitative estimate of drug-likeness (QED) is 0.769. The largest absolute Gasteiger partial charge is 0.337 e. The van der Waals surface area contributed by atoms with Crippen LogP contribution in [0.15, 0.2) is 24.3 Å². The van der Waals surface area contributed by atoms with E-state index in [9.17, 15) is 0 Å². The molecule has 2 unspecified atom stereocenters. The third kappa shape index (κ3) is 1.33. The van der Waals surface area contributed by atoms with E-state index in [1.807, 2.05) is 0 Å². The maximum absolute atomic E-state index is 4.79. The summed E-state index contributed by atoms with van der Waals surface area (Å²) in [7, 11) is 2.13. The third-order valence-corrected chi connectivity index (χ3v) is 5.31. The molecule has 3 nitrogen and oxygen atoms in total. The van der Waals surface area contributed by atoms with Crippen LogP contribution >= 0.6 is 11.8 Å². The molecule has 0 N–H and O–H groups in total. The fourth-order valence-corrected chi connectivity index (χ4v) is 4.47. The van der Waals surface area contributed by atoms with E-state index in [-0.39, 0.29) is 0 Å². The van der Waals surface area contributed by atoms with Crippen LogP contribution in [0.1, 0.15) is 6.42 Å². The molecule has 2 aliphatic heterocycles. The zero-order valence-electron chi connectivity index (χ0n) is 9.84. The number of rotatable bonds is 1. The predicted molar refractivity (Wildman–Crippen MR) is 72.7 cm³/mol. The minimum absolute atomic E-state index is 0.709. The van der Waals surface area contributed by atoms with E-state index in [0.29, 0.717) is 6.04 Å². The van der Waals surface area contributed by atoms with Crippen molar-refractivity contribution in [1.29, 1.82) is 0 Å². The zero-order chi connectivity index (χ0) is 11.4. The van der Waals surface area contributed by atoms with Crippen molar-refractivity contribution in [3.63, 3.8) is 0 Å². The number of hydrogen-bond donors (Lipinski definition) is 0. The molecule has 3 heterocycles. The molecule has 4 rings (SSSR count). The Bertz CT molecular complexity index is 577. The lowest BCUT2D eigenvalue weighted by atomic mass is 10.2. The van der Waals surface area contributed by atoms with E-state index in [4.69, 9.17) is 4.98 Å². The summed E-state index contributed by atoms with van der Waals surface area (Å²) in [6.07, 6.45) is 1.34. The number of hydrogen-bond acceptors (Lipinski definition) is 3. The van der Waals surface area contributed by atoms with Gasteiger partial charge in [0.1, 0.15) is 0 Å². The molecule has 17 heavy (non-hydrogen) atoms. The van der Waals surface area contributed by atoms with Gasteiger partial charge in [-0.1, -0.05) is 12.1 Å². The Balaban J connectivity index is 1.83. The standard InChI is InChI=1S/C13H15N3S/c1-15-12-5-3-2-4-11(12)14-13(15)16-7-10-6-9(16)8-17-10/h2-5,9-10H,6-8H2,1H3. The summed E-state index contributed by atoms with van der Waals surface area (Å²) in [6, 6.07) is 9.10. The molecular weight excluding hydrogens is 230 g/mol. The number of nitrogens with zero attached hydrogens (tertiary/aromatic N) is 3. The van der Waals surface area contributed by atoms with E-state index < -0.39 is 0 Å². The number of aromatic nitrogens is 2. The summed E-state index contributed by atoms with van der Waals surface area (Å²) in [5.41, 5.74) is 2.35. The highest BCUT2D eigenvalue weighted by molar-refractivity contribution is 8.00. The number of anilines is 1. The minimum atomic E-state index is 0.709. The number of thioether (sulfide) groups is 1. The molecule has 2 saturated heterocycles. The summed E-state index contributed by atoms with van der Waals surface area (Å²) in [5, 5.41) is 0.833. The predicted octanol–water partition coefficient (Wildman–Crippen LogP) is 2.27. The number of imidazole rings is 1. The Labute approximate surface area is 105 Å². The fraction of sp³-hybridized carbons (Fsp3) is 0.462. The van der Waals surface area contributed by atoms with Crippen molar-refractivity contribution in [2.24, 2.45) is 7.05 Å². The van der Waals surface area contributed by atoms with Gasteiger partial charge in [0.2, 0.25) is 5.95 Å². The second-order valence-electron chi connectivity index (χ2n) is 4.96. The van der Waals surface area contributed by atoms with Crippen molar-refractivity contribution in [3.8, 4) is 0 Å². The molecule has 2 fully saturated rings. The van der Waals surface area contributed by atoms with E-state index in [2.05, 4.69) is 52.5 Å². The van der Waals surface area contributed by atoms with E-state index in [0.717, 1.165) is 16.7 Å². The van der Waals surface area contributed by atoms with Crippen molar-refractivity contribution < 1.29 is 0 Å². The van der Waals surface area contributed by atoms with Gasteiger partial charge in [-0.25, -0.2) is 4.98 Å². The monoisotopic (exact) mass is 245 g/mol. The summed E-state index contributed by atoms with van der Waals surface area (Å²) >= 11 is 2.12. The second kappa shape index (κ2) is 3.42. The lowest BCUT2D eigenvalue weighted by molar-refractivity contribution is 0.720. The Morgan fingerprint density at radius 1 is 1.35 bits per heavy atom. The van der Waals surface area contributed by atoms with Crippen LogP contribution in [0, 0.1) is 0 Å². The molecule has 4 heteroatoms. The highest BCUT2D eigenvalue weighted by Gasteiger charge is 2.40. The number of para-hydroxylation sites is 2. The van der Waals surface area contributed by atoms with Crippen LogP contribution in [0.25, 0.3) is 11.0 Å². The summed E-state index contributed by atoms with van der Waals surface area (Å²) in [5.74, 6) is 2.42. The van der Waals surface area contributed by atoms with Crippen LogP contribution in [0.2, 0.25) is 0 Å². The van der Waals surface area contributed by atoms with Gasteiger partial charge >= 0.3 is 0 Å². The average Bonchev–Trinajstić information content (AvgIpc) is 3.03. The molecule has 88 valence electrons. The van der Waals surface area contributed by atoms with Gasteiger partial charge < -0.3 is 9.47 Å². The molecule has 0 spiro atoms. The summed E-state index contributed by atoms with van der Waals surface area (Å²) in [4.78, 5) is 7.29. The summed E-state index contributed by atoms with van der Waals surface area (Å²) < 4.78 is 2.24. The van der Waals surface area contributed by atoms with Gasteiger partial charge in [0.05, 0.1) is 11.0 Å². The van der Waals surface area contributed by atoms with Crippen LogP contribution < -0.4 is 4.90 Å². The molecule has 0 amide bonds. The maximum Gasteiger partial charge on any atom is 0.206 e. The Hall–Kier alpha value is -1.16. The van der Waals surface area contributed by atoms with Gasteiger partial charge in [-0.05, 0) is 18.6 Å². The fourth-order valence-electron chi connectivity index (χ4n) is 3.03. The van der Waals surface area contributed by atoms with Gasteiger partial charge in [0.15, 0.2) is 0 Å². The molecule has 0 aliphatic carbocycles. The SMILES string of the molecule is Cn1c(N2CC3CC2CS3)nc2ccccc21. The van der Waals surface area contributed by atoms with Crippen molar-refractivity contribution in [1.82, 2.24) is 9.55 Å². The van der Waals surface area contributed by atoms with Crippen LogP contribution in [0.5, 0.6) is 0 Å².